The van der Waals surface area contributed by atoms with E-state index in [1.54, 1.807) is 12.1 Å². The van der Waals surface area contributed by atoms with Crippen LogP contribution in [0.4, 0.5) is 0 Å². The lowest BCUT2D eigenvalue weighted by Gasteiger charge is -2.39. The van der Waals surface area contributed by atoms with Crippen molar-refractivity contribution in [2.75, 3.05) is 13.2 Å². The number of carbonyl (C=O) groups excluding carboxylic acids is 1. The zero-order valence-electron chi connectivity index (χ0n) is 15.1. The molecule has 5 rings (SSSR count). The van der Waals surface area contributed by atoms with Crippen molar-refractivity contribution in [2.45, 2.75) is 43.7 Å². The number of amides is 1. The van der Waals surface area contributed by atoms with E-state index < -0.39 is 0 Å². The molecule has 27 heavy (non-hydrogen) atoms. The van der Waals surface area contributed by atoms with Gasteiger partial charge in [-0.2, -0.15) is 0 Å². The molecular weight excluding hydrogens is 342 g/mol. The highest BCUT2D eigenvalue weighted by Crippen LogP contribution is 2.44. The Bertz CT molecular complexity index is 849. The molecule has 0 aliphatic carbocycles. The first-order valence-electron chi connectivity index (χ1n) is 9.70. The Morgan fingerprint density at radius 1 is 0.926 bits per heavy atom. The second-order valence-electron chi connectivity index (χ2n) is 7.72. The fourth-order valence-corrected chi connectivity index (χ4v) is 4.85. The second-order valence-corrected chi connectivity index (χ2v) is 7.72. The highest BCUT2D eigenvalue weighted by molar-refractivity contribution is 5.95. The summed E-state index contributed by atoms with van der Waals surface area (Å²) in [5.74, 6) is 2.23. The van der Waals surface area contributed by atoms with Crippen LogP contribution in [0, 0.1) is 0 Å². The number of ether oxygens (including phenoxy) is 2. The van der Waals surface area contributed by atoms with E-state index in [-0.39, 0.29) is 18.0 Å². The third-order valence-corrected chi connectivity index (χ3v) is 6.12. The molecule has 2 fully saturated rings. The molecule has 3 aliphatic rings. The molecule has 2 saturated heterocycles. The third kappa shape index (κ3) is 2.91. The van der Waals surface area contributed by atoms with Gasteiger partial charge in [-0.05, 0) is 67.5 Å². The van der Waals surface area contributed by atoms with Crippen molar-refractivity contribution >= 4 is 5.91 Å². The molecule has 5 nitrogen and oxygen atoms in total. The van der Waals surface area contributed by atoms with Gasteiger partial charge in [0.1, 0.15) is 19.0 Å². The van der Waals surface area contributed by atoms with Crippen LogP contribution in [-0.4, -0.2) is 41.2 Å². The monoisotopic (exact) mass is 365 g/mol. The molecule has 3 aliphatic heterocycles. The minimum Gasteiger partial charge on any atom is -0.508 e. The number of carbonyl (C=O) groups is 1. The molecule has 0 unspecified atom stereocenters. The number of phenols is 1. The van der Waals surface area contributed by atoms with Gasteiger partial charge in [-0.25, -0.2) is 0 Å². The van der Waals surface area contributed by atoms with Crippen molar-refractivity contribution in [2.24, 2.45) is 0 Å². The summed E-state index contributed by atoms with van der Waals surface area (Å²) in [6.45, 7) is 1.07. The van der Waals surface area contributed by atoms with E-state index in [0.717, 1.165) is 25.7 Å². The second kappa shape index (κ2) is 6.48. The molecule has 1 amide bonds. The van der Waals surface area contributed by atoms with Crippen LogP contribution in [0.1, 0.15) is 47.5 Å². The first-order chi connectivity index (χ1) is 13.2. The van der Waals surface area contributed by atoms with Crippen LogP contribution in [0.3, 0.4) is 0 Å². The summed E-state index contributed by atoms with van der Waals surface area (Å²) in [7, 11) is 0. The van der Waals surface area contributed by atoms with Gasteiger partial charge in [-0.3, -0.25) is 4.79 Å². The minimum atomic E-state index is 0.101. The fourth-order valence-electron chi connectivity index (χ4n) is 4.85. The summed E-state index contributed by atoms with van der Waals surface area (Å²) in [5, 5.41) is 9.52. The van der Waals surface area contributed by atoms with E-state index in [9.17, 15) is 9.90 Å². The van der Waals surface area contributed by atoms with E-state index in [1.165, 1.54) is 5.56 Å². The summed E-state index contributed by atoms with van der Waals surface area (Å²) < 4.78 is 11.2. The number of phenolic OH excluding ortho intramolecular Hbond substituents is 1. The smallest absolute Gasteiger partial charge is 0.254 e. The van der Waals surface area contributed by atoms with Crippen LogP contribution in [0.5, 0.6) is 17.2 Å². The molecule has 1 N–H and O–H groups in total. The number of hydrogen-bond acceptors (Lipinski definition) is 4. The van der Waals surface area contributed by atoms with Crippen LogP contribution < -0.4 is 9.47 Å². The van der Waals surface area contributed by atoms with Gasteiger partial charge in [0, 0.05) is 17.6 Å². The largest absolute Gasteiger partial charge is 0.508 e. The van der Waals surface area contributed by atoms with E-state index >= 15 is 0 Å². The van der Waals surface area contributed by atoms with Gasteiger partial charge in [0.2, 0.25) is 0 Å². The van der Waals surface area contributed by atoms with Crippen LogP contribution in [-0.2, 0) is 0 Å². The van der Waals surface area contributed by atoms with Gasteiger partial charge in [0.15, 0.2) is 11.5 Å². The van der Waals surface area contributed by atoms with Crippen LogP contribution in [0.15, 0.2) is 42.5 Å². The maximum atomic E-state index is 13.2. The topological polar surface area (TPSA) is 59.0 Å². The molecule has 5 heteroatoms. The molecular formula is C22H23NO4. The summed E-state index contributed by atoms with van der Waals surface area (Å²) in [6, 6.07) is 13.6. The molecule has 3 atom stereocenters. The summed E-state index contributed by atoms with van der Waals surface area (Å²) in [4.78, 5) is 15.3. The summed E-state index contributed by atoms with van der Waals surface area (Å²) in [6.07, 6.45) is 4.10. The predicted octanol–water partition coefficient (Wildman–Crippen LogP) is 3.71. The highest BCUT2D eigenvalue weighted by atomic mass is 16.6. The zero-order chi connectivity index (χ0) is 18.4. The van der Waals surface area contributed by atoms with Crippen molar-refractivity contribution in [3.63, 3.8) is 0 Å². The Morgan fingerprint density at radius 2 is 1.59 bits per heavy atom. The van der Waals surface area contributed by atoms with Crippen molar-refractivity contribution in [1.82, 2.24) is 4.90 Å². The van der Waals surface area contributed by atoms with Crippen molar-refractivity contribution in [3.05, 3.63) is 53.6 Å². The molecule has 0 aromatic heterocycles. The quantitative estimate of drug-likeness (QED) is 0.881. The van der Waals surface area contributed by atoms with E-state index in [1.807, 2.05) is 30.3 Å². The molecule has 2 aromatic rings. The Hall–Kier alpha value is -2.69. The number of aromatic hydroxyl groups is 1. The van der Waals surface area contributed by atoms with Crippen molar-refractivity contribution in [1.29, 1.82) is 0 Å². The number of piperidine rings is 1. The average Bonchev–Trinajstić information content (AvgIpc) is 2.97. The van der Waals surface area contributed by atoms with Crippen molar-refractivity contribution < 1.29 is 19.4 Å². The van der Waals surface area contributed by atoms with Crippen LogP contribution in [0.2, 0.25) is 0 Å². The van der Waals surface area contributed by atoms with Crippen LogP contribution in [0.25, 0.3) is 0 Å². The maximum Gasteiger partial charge on any atom is 0.254 e. The third-order valence-electron chi connectivity index (χ3n) is 6.12. The first kappa shape index (κ1) is 16.5. The number of benzene rings is 2. The zero-order valence-corrected chi connectivity index (χ0v) is 15.1. The Morgan fingerprint density at radius 3 is 2.30 bits per heavy atom. The number of rotatable bonds is 2. The lowest BCUT2D eigenvalue weighted by Crippen LogP contribution is -2.46. The molecule has 140 valence electrons. The van der Waals surface area contributed by atoms with Gasteiger partial charge in [0.25, 0.3) is 5.91 Å². The maximum absolute atomic E-state index is 13.2. The van der Waals surface area contributed by atoms with Gasteiger partial charge in [-0.15, -0.1) is 0 Å². The van der Waals surface area contributed by atoms with E-state index in [0.29, 0.717) is 41.9 Å². The molecule has 3 heterocycles. The predicted molar refractivity (Wildman–Crippen MR) is 100 cm³/mol. The SMILES string of the molecule is O=C(c1ccc2c(c1)OCCO2)N1[C@@H]2CC[C@H]1C[C@@H](c1ccc(O)cc1)C2. The first-order valence-corrected chi connectivity index (χ1v) is 9.70. The minimum absolute atomic E-state index is 0.101. The van der Waals surface area contributed by atoms with E-state index in [2.05, 4.69) is 4.90 Å². The average molecular weight is 365 g/mol. The Balaban J connectivity index is 1.36. The lowest BCUT2D eigenvalue weighted by atomic mass is 9.84. The normalized spacial score (nSPS) is 26.1. The number of nitrogens with zero attached hydrogens (tertiary/aromatic N) is 1. The van der Waals surface area contributed by atoms with E-state index in [4.69, 9.17) is 9.47 Å². The lowest BCUT2D eigenvalue weighted by molar-refractivity contribution is 0.0570. The number of hydrogen-bond donors (Lipinski definition) is 1. The standard InChI is InChI=1S/C22H23NO4/c24-19-6-1-14(2-7-19)16-11-17-4-5-18(12-16)23(17)22(25)15-3-8-20-21(13-15)27-10-9-26-20/h1-3,6-8,13,16-18,24H,4-5,9-12H2/t16-,17+,18-. The summed E-state index contributed by atoms with van der Waals surface area (Å²) in [5.41, 5.74) is 1.94. The molecule has 0 saturated carbocycles. The highest BCUT2D eigenvalue weighted by Gasteiger charge is 2.43. The molecule has 2 aromatic carbocycles. The molecule has 0 radical (unpaired) electrons. The van der Waals surface area contributed by atoms with Gasteiger partial charge >= 0.3 is 0 Å². The molecule has 2 bridgehead atoms. The molecule has 0 spiro atoms. The fraction of sp³-hybridized carbons (Fsp3) is 0.409. The summed E-state index contributed by atoms with van der Waals surface area (Å²) >= 11 is 0. The Kier molecular flexibility index (Phi) is 3.96. The number of fused-ring (bicyclic) bond motifs is 3. The van der Waals surface area contributed by atoms with Gasteiger partial charge in [0.05, 0.1) is 0 Å². The van der Waals surface area contributed by atoms with Gasteiger partial charge < -0.3 is 19.5 Å². The Labute approximate surface area is 158 Å². The van der Waals surface area contributed by atoms with Crippen molar-refractivity contribution in [3.8, 4) is 17.2 Å². The van der Waals surface area contributed by atoms with Crippen LogP contribution >= 0.6 is 0 Å². The van der Waals surface area contributed by atoms with Gasteiger partial charge in [-0.1, -0.05) is 12.1 Å².